The van der Waals surface area contributed by atoms with Gasteiger partial charge in [-0.3, -0.25) is 0 Å². The average Bonchev–Trinajstić information content (AvgIpc) is 2.77. The lowest BCUT2D eigenvalue weighted by atomic mass is 10.1. The first-order valence-corrected chi connectivity index (χ1v) is 5.54. The van der Waals surface area contributed by atoms with Gasteiger partial charge in [0.15, 0.2) is 18.0 Å². The summed E-state index contributed by atoms with van der Waals surface area (Å²) < 4.78 is 20.3. The van der Waals surface area contributed by atoms with Crippen LogP contribution >= 0.6 is 0 Å². The van der Waals surface area contributed by atoms with Crippen molar-refractivity contribution in [2.24, 2.45) is 0 Å². The zero-order valence-corrected chi connectivity index (χ0v) is 10.5. The topological polar surface area (TPSA) is 71.1 Å². The summed E-state index contributed by atoms with van der Waals surface area (Å²) in [6, 6.07) is 0. The van der Waals surface area contributed by atoms with Crippen LogP contribution in [0.5, 0.6) is 0 Å². The highest BCUT2D eigenvalue weighted by Gasteiger charge is 2.52. The Morgan fingerprint density at radius 1 is 1.00 bits per heavy atom. The van der Waals surface area contributed by atoms with Crippen LogP contribution in [0, 0.1) is 0 Å². The lowest BCUT2D eigenvalue weighted by Gasteiger charge is -2.24. The number of hydrogen-bond acceptors (Lipinski definition) is 6. The van der Waals surface area contributed by atoms with Crippen molar-refractivity contribution in [1.82, 2.24) is 0 Å². The number of methoxy groups -OCH3 is 2. The molecule has 1 saturated heterocycles. The van der Waals surface area contributed by atoms with Gasteiger partial charge in [-0.2, -0.15) is 0 Å². The van der Waals surface area contributed by atoms with Crippen LogP contribution in [0.1, 0.15) is 26.7 Å². The standard InChI is InChI=1S/C11H18O6/c1-5-11(6-2)16-7(9(12)14-3)8(17-11)10(13)15-4/h7-8H,5-6H2,1-4H3/t7-,8?/m1/s1. The number of carbonyl (C=O) groups excluding carboxylic acids is 2. The summed E-state index contributed by atoms with van der Waals surface area (Å²) in [5, 5.41) is 0. The van der Waals surface area contributed by atoms with Gasteiger partial charge in [0, 0.05) is 0 Å². The third-order valence-corrected chi connectivity index (χ3v) is 2.90. The molecule has 2 atom stereocenters. The summed E-state index contributed by atoms with van der Waals surface area (Å²) in [7, 11) is 2.47. The van der Waals surface area contributed by atoms with Crippen molar-refractivity contribution in [3.8, 4) is 0 Å². The highest BCUT2D eigenvalue weighted by molar-refractivity contribution is 5.86. The van der Waals surface area contributed by atoms with E-state index in [1.54, 1.807) is 0 Å². The molecule has 1 fully saturated rings. The second-order valence-corrected chi connectivity index (χ2v) is 3.74. The summed E-state index contributed by atoms with van der Waals surface area (Å²) in [5.74, 6) is -2.19. The minimum Gasteiger partial charge on any atom is -0.467 e. The van der Waals surface area contributed by atoms with Gasteiger partial charge in [-0.15, -0.1) is 0 Å². The predicted octanol–water partition coefficient (Wildman–Crippen LogP) is 0.633. The molecule has 0 saturated carbocycles. The van der Waals surface area contributed by atoms with E-state index in [1.807, 2.05) is 13.8 Å². The molecule has 0 aromatic carbocycles. The SMILES string of the molecule is CCC1(CC)OC(C(=O)OC)[C@H](C(=O)OC)O1. The predicted molar refractivity (Wildman–Crippen MR) is 57.1 cm³/mol. The summed E-state index contributed by atoms with van der Waals surface area (Å²) in [4.78, 5) is 23.1. The molecule has 17 heavy (non-hydrogen) atoms. The van der Waals surface area contributed by atoms with Crippen molar-refractivity contribution < 1.29 is 28.5 Å². The Bertz CT molecular complexity index is 270. The monoisotopic (exact) mass is 246 g/mol. The van der Waals surface area contributed by atoms with Crippen molar-refractivity contribution in [1.29, 1.82) is 0 Å². The summed E-state index contributed by atoms with van der Waals surface area (Å²) in [6.07, 6.45) is -1.06. The van der Waals surface area contributed by atoms with Crippen molar-refractivity contribution >= 4 is 11.9 Å². The Kier molecular flexibility index (Phi) is 4.47. The lowest BCUT2D eigenvalue weighted by Crippen LogP contribution is -2.38. The number of esters is 2. The fraction of sp³-hybridized carbons (Fsp3) is 0.818. The largest absolute Gasteiger partial charge is 0.467 e. The lowest BCUT2D eigenvalue weighted by molar-refractivity contribution is -0.191. The van der Waals surface area contributed by atoms with E-state index >= 15 is 0 Å². The van der Waals surface area contributed by atoms with Crippen LogP contribution in [0.15, 0.2) is 0 Å². The van der Waals surface area contributed by atoms with Gasteiger partial charge < -0.3 is 18.9 Å². The van der Waals surface area contributed by atoms with Gasteiger partial charge in [-0.1, -0.05) is 13.8 Å². The van der Waals surface area contributed by atoms with Crippen LogP contribution < -0.4 is 0 Å². The fourth-order valence-corrected chi connectivity index (χ4v) is 1.77. The zero-order valence-electron chi connectivity index (χ0n) is 10.5. The minimum absolute atomic E-state index is 0.532. The van der Waals surface area contributed by atoms with Gasteiger partial charge in [-0.25, -0.2) is 9.59 Å². The van der Waals surface area contributed by atoms with E-state index < -0.39 is 29.9 Å². The molecule has 1 aliphatic heterocycles. The van der Waals surface area contributed by atoms with Gasteiger partial charge in [0.1, 0.15) is 0 Å². The summed E-state index contributed by atoms with van der Waals surface area (Å²) in [6.45, 7) is 3.72. The maximum absolute atomic E-state index is 11.5. The van der Waals surface area contributed by atoms with E-state index in [9.17, 15) is 9.59 Å². The fourth-order valence-electron chi connectivity index (χ4n) is 1.77. The Morgan fingerprint density at radius 3 is 1.59 bits per heavy atom. The molecular formula is C11H18O6. The van der Waals surface area contributed by atoms with E-state index in [-0.39, 0.29) is 0 Å². The van der Waals surface area contributed by atoms with Crippen LogP contribution in [0.3, 0.4) is 0 Å². The van der Waals surface area contributed by atoms with E-state index in [2.05, 4.69) is 9.47 Å². The Morgan fingerprint density at radius 2 is 1.35 bits per heavy atom. The second-order valence-electron chi connectivity index (χ2n) is 3.74. The zero-order chi connectivity index (χ0) is 13.1. The van der Waals surface area contributed by atoms with Gasteiger partial charge >= 0.3 is 11.9 Å². The molecule has 1 rings (SSSR count). The molecule has 0 aromatic rings. The highest BCUT2D eigenvalue weighted by Crippen LogP contribution is 2.35. The van der Waals surface area contributed by atoms with E-state index in [0.717, 1.165) is 0 Å². The maximum atomic E-state index is 11.5. The summed E-state index contributed by atoms with van der Waals surface area (Å²) >= 11 is 0. The number of hydrogen-bond donors (Lipinski definition) is 0. The molecule has 6 heteroatoms. The Labute approximate surface area is 100 Å². The number of carbonyl (C=O) groups is 2. The first-order valence-electron chi connectivity index (χ1n) is 5.54. The Hall–Kier alpha value is -1.14. The first kappa shape index (κ1) is 13.9. The normalized spacial score (nSPS) is 26.6. The molecule has 0 aromatic heterocycles. The molecule has 6 nitrogen and oxygen atoms in total. The van der Waals surface area contributed by atoms with Crippen LogP contribution in [0.25, 0.3) is 0 Å². The molecule has 0 spiro atoms. The van der Waals surface area contributed by atoms with Crippen LogP contribution in [0.4, 0.5) is 0 Å². The number of rotatable bonds is 4. The molecule has 0 aliphatic carbocycles. The van der Waals surface area contributed by atoms with Gasteiger partial charge in [-0.05, 0) is 12.8 Å². The smallest absolute Gasteiger partial charge is 0.338 e. The Balaban J connectivity index is 2.93. The van der Waals surface area contributed by atoms with E-state index in [0.29, 0.717) is 12.8 Å². The highest BCUT2D eigenvalue weighted by atomic mass is 16.8. The van der Waals surface area contributed by atoms with E-state index in [4.69, 9.17) is 9.47 Å². The van der Waals surface area contributed by atoms with Gasteiger partial charge in [0.2, 0.25) is 0 Å². The third kappa shape index (κ3) is 2.58. The van der Waals surface area contributed by atoms with Crippen molar-refractivity contribution in [2.75, 3.05) is 14.2 Å². The quantitative estimate of drug-likeness (QED) is 0.678. The molecule has 1 unspecified atom stereocenters. The minimum atomic E-state index is -1.06. The average molecular weight is 246 g/mol. The maximum Gasteiger partial charge on any atom is 0.338 e. The molecule has 98 valence electrons. The van der Waals surface area contributed by atoms with Gasteiger partial charge in [0.25, 0.3) is 0 Å². The van der Waals surface area contributed by atoms with E-state index in [1.165, 1.54) is 14.2 Å². The number of ether oxygens (including phenoxy) is 4. The molecule has 0 amide bonds. The summed E-state index contributed by atoms with van der Waals surface area (Å²) in [5.41, 5.74) is 0. The van der Waals surface area contributed by atoms with Crippen LogP contribution in [-0.4, -0.2) is 44.2 Å². The second kappa shape index (κ2) is 5.46. The molecule has 0 N–H and O–H groups in total. The third-order valence-electron chi connectivity index (χ3n) is 2.90. The van der Waals surface area contributed by atoms with Crippen LogP contribution in [-0.2, 0) is 28.5 Å². The van der Waals surface area contributed by atoms with Crippen molar-refractivity contribution in [2.45, 2.75) is 44.7 Å². The molecule has 1 aliphatic rings. The molecule has 1 heterocycles. The first-order chi connectivity index (χ1) is 8.03. The van der Waals surface area contributed by atoms with Gasteiger partial charge in [0.05, 0.1) is 14.2 Å². The van der Waals surface area contributed by atoms with Crippen LogP contribution in [0.2, 0.25) is 0 Å². The molecular weight excluding hydrogens is 228 g/mol. The molecule has 0 bridgehead atoms. The van der Waals surface area contributed by atoms with Crippen molar-refractivity contribution in [3.63, 3.8) is 0 Å². The molecule has 0 radical (unpaired) electrons. The van der Waals surface area contributed by atoms with Crippen molar-refractivity contribution in [3.05, 3.63) is 0 Å².